The Bertz CT molecular complexity index is 917. The molecule has 1 heterocycles. The van der Waals surface area contributed by atoms with Gasteiger partial charge in [-0.2, -0.15) is 0 Å². The number of H-pyrrole nitrogens is 1. The van der Waals surface area contributed by atoms with Crippen molar-refractivity contribution in [3.05, 3.63) is 87.0 Å². The van der Waals surface area contributed by atoms with Crippen molar-refractivity contribution in [1.29, 1.82) is 0 Å². The number of hydrogen-bond donors (Lipinski definition) is 2. The molecule has 22 heavy (non-hydrogen) atoms. The highest BCUT2D eigenvalue weighted by Gasteiger charge is 2.16. The summed E-state index contributed by atoms with van der Waals surface area (Å²) in [5, 5.41) is 0.926. The third-order valence-corrected chi connectivity index (χ3v) is 3.59. The maximum atomic E-state index is 12.7. The van der Waals surface area contributed by atoms with Gasteiger partial charge in [-0.1, -0.05) is 41.9 Å². The van der Waals surface area contributed by atoms with Gasteiger partial charge in [-0.3, -0.25) is 9.59 Å². The minimum absolute atomic E-state index is 0.0728. The van der Waals surface area contributed by atoms with Gasteiger partial charge in [0.25, 0.3) is 5.91 Å². The van der Waals surface area contributed by atoms with E-state index in [1.54, 1.807) is 24.6 Å². The monoisotopic (exact) mass is 311 g/mol. The van der Waals surface area contributed by atoms with E-state index >= 15 is 0 Å². The van der Waals surface area contributed by atoms with E-state index in [0.29, 0.717) is 15.9 Å². The van der Waals surface area contributed by atoms with Gasteiger partial charge in [-0.05, 0) is 23.8 Å². The highest BCUT2D eigenvalue weighted by atomic mass is 35.5. The van der Waals surface area contributed by atoms with Crippen LogP contribution in [0.4, 0.5) is 0 Å². The number of hydrogen-bond acceptors (Lipinski definition) is 2. The molecular weight excluding hydrogens is 300 g/mol. The second-order valence-corrected chi connectivity index (χ2v) is 5.29. The first-order valence-electron chi connectivity index (χ1n) is 6.61. The average molecular weight is 312 g/mol. The summed E-state index contributed by atoms with van der Waals surface area (Å²) >= 11 is 5.93. The quantitative estimate of drug-likeness (QED) is 0.780. The molecule has 2 aromatic carbocycles. The first kappa shape index (κ1) is 14.4. The summed E-state index contributed by atoms with van der Waals surface area (Å²) in [6.07, 6.45) is 1.65. The summed E-state index contributed by atoms with van der Waals surface area (Å²) in [7, 11) is 0. The van der Waals surface area contributed by atoms with Crippen molar-refractivity contribution in [2.45, 2.75) is 0 Å². The van der Waals surface area contributed by atoms with Gasteiger partial charge < -0.3 is 10.7 Å². The number of aromatic nitrogens is 1. The molecule has 0 saturated carbocycles. The Balaban J connectivity index is 2.25. The van der Waals surface area contributed by atoms with Crippen molar-refractivity contribution < 1.29 is 4.79 Å². The lowest BCUT2D eigenvalue weighted by Gasteiger charge is -2.09. The number of primary amides is 1. The molecule has 0 spiro atoms. The molecule has 0 aliphatic carbocycles. The van der Waals surface area contributed by atoms with E-state index in [4.69, 9.17) is 17.3 Å². The predicted molar refractivity (Wildman–Crippen MR) is 87.0 cm³/mol. The van der Waals surface area contributed by atoms with E-state index in [-0.39, 0.29) is 16.7 Å². The fourth-order valence-electron chi connectivity index (χ4n) is 2.33. The van der Waals surface area contributed by atoms with Gasteiger partial charge in [0.1, 0.15) is 5.69 Å². The van der Waals surface area contributed by atoms with E-state index in [1.807, 2.05) is 30.3 Å². The molecule has 3 rings (SSSR count). The normalized spacial score (nSPS) is 10.8. The van der Waals surface area contributed by atoms with Crippen LogP contribution in [-0.4, -0.2) is 10.9 Å². The van der Waals surface area contributed by atoms with Crippen LogP contribution in [0.5, 0.6) is 0 Å². The van der Waals surface area contributed by atoms with E-state index < -0.39 is 5.91 Å². The van der Waals surface area contributed by atoms with Crippen LogP contribution >= 0.6 is 11.6 Å². The Morgan fingerprint density at radius 3 is 2.55 bits per heavy atom. The molecule has 109 valence electrons. The number of nitrogens with two attached hydrogens (primary N) is 1. The number of halogens is 1. The predicted octanol–water partition coefficient (Wildman–Crippen LogP) is 2.88. The van der Waals surface area contributed by atoms with E-state index in [9.17, 15) is 9.59 Å². The number of nitrogens with one attached hydrogen (secondary N) is 1. The fourth-order valence-corrected chi connectivity index (χ4v) is 2.50. The van der Waals surface area contributed by atoms with Crippen LogP contribution < -0.4 is 11.2 Å². The zero-order chi connectivity index (χ0) is 15.7. The smallest absolute Gasteiger partial charge is 0.265 e. The van der Waals surface area contributed by atoms with E-state index in [0.717, 1.165) is 5.56 Å². The van der Waals surface area contributed by atoms with Gasteiger partial charge in [0.15, 0.2) is 5.43 Å². The average Bonchev–Trinajstić information content (AvgIpc) is 2.50. The van der Waals surface area contributed by atoms with Gasteiger partial charge in [0.05, 0.1) is 5.52 Å². The van der Waals surface area contributed by atoms with Gasteiger partial charge in [0, 0.05) is 22.4 Å². The van der Waals surface area contributed by atoms with Crippen LogP contribution in [0.3, 0.4) is 0 Å². The zero-order valence-corrected chi connectivity index (χ0v) is 12.2. The van der Waals surface area contributed by atoms with Crippen molar-refractivity contribution in [3.8, 4) is 0 Å². The number of fused-ring (bicyclic) bond motifs is 1. The lowest BCUT2D eigenvalue weighted by Crippen LogP contribution is -2.22. The van der Waals surface area contributed by atoms with E-state index in [2.05, 4.69) is 4.98 Å². The van der Waals surface area contributed by atoms with Crippen molar-refractivity contribution in [2.75, 3.05) is 0 Å². The van der Waals surface area contributed by atoms with Crippen molar-refractivity contribution in [1.82, 2.24) is 4.98 Å². The molecule has 1 radical (unpaired) electrons. The number of aromatic amines is 1. The van der Waals surface area contributed by atoms with Crippen LogP contribution in [-0.2, 0) is 0 Å². The molecule has 1 aromatic heterocycles. The lowest BCUT2D eigenvalue weighted by molar-refractivity contribution is 0.0995. The van der Waals surface area contributed by atoms with Crippen LogP contribution in [0.25, 0.3) is 10.9 Å². The Hall–Kier alpha value is -2.59. The van der Waals surface area contributed by atoms with Gasteiger partial charge in [0.2, 0.25) is 0 Å². The van der Waals surface area contributed by atoms with Gasteiger partial charge >= 0.3 is 0 Å². The van der Waals surface area contributed by atoms with Crippen molar-refractivity contribution in [2.24, 2.45) is 5.73 Å². The molecule has 0 fully saturated rings. The fraction of sp³-hybridized carbons (Fsp3) is 0. The van der Waals surface area contributed by atoms with Gasteiger partial charge in [-0.15, -0.1) is 0 Å². The summed E-state index contributed by atoms with van der Waals surface area (Å²) in [5.41, 5.74) is 6.75. The van der Waals surface area contributed by atoms with Crippen LogP contribution in [0.1, 0.15) is 21.6 Å². The summed E-state index contributed by atoms with van der Waals surface area (Å²) in [6, 6.07) is 14.1. The van der Waals surface area contributed by atoms with Crippen LogP contribution in [0.2, 0.25) is 5.02 Å². The topological polar surface area (TPSA) is 76.0 Å². The highest BCUT2D eigenvalue weighted by molar-refractivity contribution is 6.31. The van der Waals surface area contributed by atoms with Crippen LogP contribution in [0.15, 0.2) is 53.3 Å². The molecule has 5 heteroatoms. The molecule has 0 atom stereocenters. The maximum Gasteiger partial charge on any atom is 0.265 e. The molecule has 0 bridgehead atoms. The van der Waals surface area contributed by atoms with Crippen LogP contribution in [0, 0.1) is 6.42 Å². The molecular formula is C17H12ClN2O2. The van der Waals surface area contributed by atoms with Crippen molar-refractivity contribution in [3.63, 3.8) is 0 Å². The van der Waals surface area contributed by atoms with Gasteiger partial charge in [-0.25, -0.2) is 0 Å². The SMILES string of the molecule is NC(=O)c1[nH]c2cc(Cl)ccc2c(=O)c1[CH]c1ccccc1. The highest BCUT2D eigenvalue weighted by Crippen LogP contribution is 2.19. The Morgan fingerprint density at radius 1 is 1.14 bits per heavy atom. The molecule has 0 unspecified atom stereocenters. The third-order valence-electron chi connectivity index (χ3n) is 3.36. The van der Waals surface area contributed by atoms with E-state index in [1.165, 1.54) is 0 Å². The number of rotatable bonds is 3. The molecule has 3 N–H and O–H groups in total. The number of pyridine rings is 1. The zero-order valence-electron chi connectivity index (χ0n) is 11.5. The second kappa shape index (κ2) is 5.66. The largest absolute Gasteiger partial charge is 0.364 e. The first-order chi connectivity index (χ1) is 10.6. The molecule has 0 aliphatic heterocycles. The number of carbonyl (C=O) groups is 1. The summed E-state index contributed by atoms with van der Waals surface area (Å²) in [5.74, 6) is -0.693. The number of benzene rings is 2. The molecule has 4 nitrogen and oxygen atoms in total. The summed E-state index contributed by atoms with van der Waals surface area (Å²) in [4.78, 5) is 27.3. The minimum atomic E-state index is -0.693. The molecule has 3 aromatic rings. The molecule has 0 saturated heterocycles. The second-order valence-electron chi connectivity index (χ2n) is 4.85. The first-order valence-corrected chi connectivity index (χ1v) is 6.99. The maximum absolute atomic E-state index is 12.7. The number of amides is 1. The Labute approximate surface area is 131 Å². The lowest BCUT2D eigenvalue weighted by atomic mass is 10.0. The number of carbonyl (C=O) groups excluding carboxylic acids is 1. The molecule has 1 amide bonds. The standard InChI is InChI=1S/C17H12ClN2O2/c18-11-6-7-12-14(9-11)20-15(17(19)22)13(16(12)21)8-10-4-2-1-3-5-10/h1-9H,(H2,19,22)(H,20,21). The third kappa shape index (κ3) is 2.61. The Kier molecular flexibility index (Phi) is 3.69. The summed E-state index contributed by atoms with van der Waals surface area (Å²) < 4.78 is 0. The summed E-state index contributed by atoms with van der Waals surface area (Å²) in [6.45, 7) is 0. The molecule has 0 aliphatic rings. The minimum Gasteiger partial charge on any atom is -0.364 e. The van der Waals surface area contributed by atoms with Crippen molar-refractivity contribution >= 4 is 28.4 Å². The Morgan fingerprint density at radius 2 is 1.86 bits per heavy atom.